The standard InChI is InChI=1S/C9H11N3O2S/c1-4-2-5(4)8(14)12-9-11-6(3-15-9)7(10)13/h3-5H,2H2,1H3,(H2,10,13)(H,11,12,14). The number of nitrogens with one attached hydrogen (secondary N) is 1. The molecule has 2 unspecified atom stereocenters. The fourth-order valence-electron chi connectivity index (χ4n) is 1.33. The van der Waals surface area contributed by atoms with E-state index in [0.29, 0.717) is 11.0 Å². The Bertz CT molecular complexity index is 415. The Morgan fingerprint density at radius 3 is 2.80 bits per heavy atom. The van der Waals surface area contributed by atoms with Gasteiger partial charge >= 0.3 is 0 Å². The van der Waals surface area contributed by atoms with Gasteiger partial charge in [0.05, 0.1) is 0 Å². The van der Waals surface area contributed by atoms with E-state index in [1.165, 1.54) is 16.7 Å². The summed E-state index contributed by atoms with van der Waals surface area (Å²) in [6, 6.07) is 0. The smallest absolute Gasteiger partial charge is 0.268 e. The zero-order valence-corrected chi connectivity index (χ0v) is 9.00. The van der Waals surface area contributed by atoms with Crippen molar-refractivity contribution in [1.82, 2.24) is 4.98 Å². The summed E-state index contributed by atoms with van der Waals surface area (Å²) in [6.07, 6.45) is 0.930. The molecule has 1 aliphatic carbocycles. The Morgan fingerprint density at radius 2 is 2.33 bits per heavy atom. The predicted octanol–water partition coefficient (Wildman–Crippen LogP) is 0.836. The second-order valence-electron chi connectivity index (χ2n) is 3.71. The van der Waals surface area contributed by atoms with Gasteiger partial charge in [0, 0.05) is 11.3 Å². The van der Waals surface area contributed by atoms with Crippen molar-refractivity contribution in [2.45, 2.75) is 13.3 Å². The van der Waals surface area contributed by atoms with Gasteiger partial charge in [0.25, 0.3) is 5.91 Å². The van der Waals surface area contributed by atoms with Gasteiger partial charge in [-0.25, -0.2) is 4.98 Å². The first-order valence-corrected chi connectivity index (χ1v) is 5.52. The first kappa shape index (κ1) is 10.1. The molecular weight excluding hydrogens is 214 g/mol. The number of hydrogen-bond donors (Lipinski definition) is 2. The number of rotatable bonds is 3. The first-order valence-electron chi connectivity index (χ1n) is 4.64. The molecule has 15 heavy (non-hydrogen) atoms. The maximum Gasteiger partial charge on any atom is 0.268 e. The number of primary amides is 1. The molecule has 1 aromatic rings. The summed E-state index contributed by atoms with van der Waals surface area (Å²) < 4.78 is 0. The molecule has 5 nitrogen and oxygen atoms in total. The molecule has 0 aromatic carbocycles. The molecule has 0 radical (unpaired) electrons. The van der Waals surface area contributed by atoms with Crippen molar-refractivity contribution < 1.29 is 9.59 Å². The summed E-state index contributed by atoms with van der Waals surface area (Å²) in [5.74, 6) is -0.0362. The largest absolute Gasteiger partial charge is 0.364 e. The highest BCUT2D eigenvalue weighted by atomic mass is 32.1. The molecule has 0 spiro atoms. The van der Waals surface area contributed by atoms with Crippen molar-refractivity contribution in [3.63, 3.8) is 0 Å². The van der Waals surface area contributed by atoms with Crippen LogP contribution in [0.3, 0.4) is 0 Å². The van der Waals surface area contributed by atoms with Crippen LogP contribution in [-0.2, 0) is 4.79 Å². The molecule has 3 N–H and O–H groups in total. The number of thiazole rings is 1. The normalized spacial score (nSPS) is 23.5. The molecule has 0 aliphatic heterocycles. The van der Waals surface area contributed by atoms with E-state index in [4.69, 9.17) is 5.73 Å². The van der Waals surface area contributed by atoms with E-state index >= 15 is 0 Å². The average Bonchev–Trinajstić information content (AvgIpc) is 2.73. The maximum atomic E-state index is 11.5. The zero-order chi connectivity index (χ0) is 11.0. The predicted molar refractivity (Wildman–Crippen MR) is 56.5 cm³/mol. The van der Waals surface area contributed by atoms with Gasteiger partial charge in [0.2, 0.25) is 5.91 Å². The zero-order valence-electron chi connectivity index (χ0n) is 8.19. The van der Waals surface area contributed by atoms with Crippen molar-refractivity contribution in [2.24, 2.45) is 17.6 Å². The lowest BCUT2D eigenvalue weighted by Crippen LogP contribution is -2.15. The number of nitrogens with zero attached hydrogens (tertiary/aromatic N) is 1. The maximum absolute atomic E-state index is 11.5. The van der Waals surface area contributed by atoms with Crippen LogP contribution in [0, 0.1) is 11.8 Å². The van der Waals surface area contributed by atoms with Gasteiger partial charge in [-0.2, -0.15) is 0 Å². The fourth-order valence-corrected chi connectivity index (χ4v) is 2.03. The minimum Gasteiger partial charge on any atom is -0.364 e. The van der Waals surface area contributed by atoms with Crippen LogP contribution in [-0.4, -0.2) is 16.8 Å². The third kappa shape index (κ3) is 2.15. The van der Waals surface area contributed by atoms with Gasteiger partial charge < -0.3 is 11.1 Å². The first-order chi connectivity index (χ1) is 7.08. The fraction of sp³-hybridized carbons (Fsp3) is 0.444. The molecule has 2 rings (SSSR count). The Kier molecular flexibility index (Phi) is 2.44. The van der Waals surface area contributed by atoms with Crippen LogP contribution in [0.25, 0.3) is 0 Å². The molecule has 2 amide bonds. The summed E-state index contributed by atoms with van der Waals surface area (Å²) in [5, 5.41) is 4.64. The Labute approximate surface area is 90.7 Å². The molecule has 1 fully saturated rings. The van der Waals surface area contributed by atoms with E-state index in [1.807, 2.05) is 6.92 Å². The monoisotopic (exact) mass is 225 g/mol. The van der Waals surface area contributed by atoms with Crippen LogP contribution in [0.5, 0.6) is 0 Å². The molecule has 2 atom stereocenters. The Balaban J connectivity index is 1.98. The molecule has 1 heterocycles. The molecule has 80 valence electrons. The highest BCUT2D eigenvalue weighted by molar-refractivity contribution is 7.14. The van der Waals surface area contributed by atoms with Crippen LogP contribution < -0.4 is 11.1 Å². The average molecular weight is 225 g/mol. The van der Waals surface area contributed by atoms with E-state index in [9.17, 15) is 9.59 Å². The van der Waals surface area contributed by atoms with Crippen LogP contribution >= 0.6 is 11.3 Å². The van der Waals surface area contributed by atoms with Gasteiger partial charge in [-0.05, 0) is 12.3 Å². The van der Waals surface area contributed by atoms with Crippen molar-refractivity contribution in [2.75, 3.05) is 5.32 Å². The van der Waals surface area contributed by atoms with Gasteiger partial charge in [-0.3, -0.25) is 9.59 Å². The number of carbonyl (C=O) groups is 2. The highest BCUT2D eigenvalue weighted by Crippen LogP contribution is 2.38. The minimum atomic E-state index is -0.577. The number of aromatic nitrogens is 1. The number of nitrogens with two attached hydrogens (primary N) is 1. The molecule has 1 aromatic heterocycles. The molecule has 6 heteroatoms. The van der Waals surface area contributed by atoms with E-state index in [0.717, 1.165) is 6.42 Å². The molecule has 1 aliphatic rings. The van der Waals surface area contributed by atoms with Gasteiger partial charge in [0.15, 0.2) is 5.13 Å². The SMILES string of the molecule is CC1CC1C(=O)Nc1nc(C(N)=O)cs1. The molecule has 1 saturated carbocycles. The van der Waals surface area contributed by atoms with Crippen LogP contribution in [0.1, 0.15) is 23.8 Å². The number of amides is 2. The molecule has 0 saturated heterocycles. The van der Waals surface area contributed by atoms with Crippen LogP contribution in [0.15, 0.2) is 5.38 Å². The minimum absolute atomic E-state index is 0.0205. The Hall–Kier alpha value is -1.43. The van der Waals surface area contributed by atoms with Crippen molar-refractivity contribution in [3.05, 3.63) is 11.1 Å². The second kappa shape index (κ2) is 3.62. The summed E-state index contributed by atoms with van der Waals surface area (Å²) in [7, 11) is 0. The summed E-state index contributed by atoms with van der Waals surface area (Å²) in [5.41, 5.74) is 5.24. The topological polar surface area (TPSA) is 85.1 Å². The van der Waals surface area contributed by atoms with E-state index in [1.54, 1.807) is 0 Å². The van der Waals surface area contributed by atoms with Crippen molar-refractivity contribution in [3.8, 4) is 0 Å². The quantitative estimate of drug-likeness (QED) is 0.799. The number of carbonyl (C=O) groups excluding carboxylic acids is 2. The van der Waals surface area contributed by atoms with Crippen molar-refractivity contribution in [1.29, 1.82) is 0 Å². The molecule has 0 bridgehead atoms. The third-order valence-corrected chi connectivity index (χ3v) is 3.19. The van der Waals surface area contributed by atoms with Crippen molar-refractivity contribution >= 4 is 28.3 Å². The third-order valence-electron chi connectivity index (χ3n) is 2.43. The summed E-state index contributed by atoms with van der Waals surface area (Å²) in [4.78, 5) is 26.2. The molecular formula is C9H11N3O2S. The van der Waals surface area contributed by atoms with E-state index in [-0.39, 0.29) is 17.5 Å². The van der Waals surface area contributed by atoms with E-state index < -0.39 is 5.91 Å². The van der Waals surface area contributed by atoms with Crippen LogP contribution in [0.4, 0.5) is 5.13 Å². The van der Waals surface area contributed by atoms with E-state index in [2.05, 4.69) is 10.3 Å². The van der Waals surface area contributed by atoms with Gasteiger partial charge in [-0.1, -0.05) is 6.92 Å². The lowest BCUT2D eigenvalue weighted by molar-refractivity contribution is -0.117. The lowest BCUT2D eigenvalue weighted by Gasteiger charge is -1.98. The summed E-state index contributed by atoms with van der Waals surface area (Å²) >= 11 is 1.21. The van der Waals surface area contributed by atoms with Crippen LogP contribution in [0.2, 0.25) is 0 Å². The van der Waals surface area contributed by atoms with Gasteiger partial charge in [-0.15, -0.1) is 11.3 Å². The second-order valence-corrected chi connectivity index (χ2v) is 4.57. The Morgan fingerprint density at radius 1 is 1.67 bits per heavy atom. The number of anilines is 1. The number of hydrogen-bond acceptors (Lipinski definition) is 4. The lowest BCUT2D eigenvalue weighted by atomic mass is 10.3. The summed E-state index contributed by atoms with van der Waals surface area (Å²) in [6.45, 7) is 2.03. The highest BCUT2D eigenvalue weighted by Gasteiger charge is 2.39. The van der Waals surface area contributed by atoms with Gasteiger partial charge in [0.1, 0.15) is 5.69 Å².